The van der Waals surface area contributed by atoms with E-state index in [9.17, 15) is 19.5 Å². The number of thioether (sulfide) groups is 1. The Morgan fingerprint density at radius 1 is 1.12 bits per heavy atom. The summed E-state index contributed by atoms with van der Waals surface area (Å²) in [5, 5.41) is 11.8. The van der Waals surface area contributed by atoms with E-state index in [-0.39, 0.29) is 29.5 Å². The molecule has 0 aromatic heterocycles. The Hall–Kier alpha value is -3.17. The van der Waals surface area contributed by atoms with E-state index < -0.39 is 5.97 Å². The van der Waals surface area contributed by atoms with Crippen molar-refractivity contribution in [1.29, 1.82) is 0 Å². The van der Waals surface area contributed by atoms with Crippen LogP contribution in [0.25, 0.3) is 6.08 Å². The predicted molar refractivity (Wildman–Crippen MR) is 133 cm³/mol. The number of hydrogen-bond donors (Lipinski definition) is 2. The van der Waals surface area contributed by atoms with Gasteiger partial charge in [0.05, 0.1) is 23.3 Å². The van der Waals surface area contributed by atoms with Crippen molar-refractivity contribution >= 4 is 57.8 Å². The minimum absolute atomic E-state index is 0.0582. The fraction of sp³-hybridized carbons (Fsp3) is 0.250. The van der Waals surface area contributed by atoms with Crippen molar-refractivity contribution in [3.05, 3.63) is 64.6 Å². The van der Waals surface area contributed by atoms with Crippen molar-refractivity contribution < 1.29 is 24.2 Å². The van der Waals surface area contributed by atoms with E-state index in [0.29, 0.717) is 28.6 Å². The lowest BCUT2D eigenvalue weighted by Crippen LogP contribution is -2.29. The highest BCUT2D eigenvalue weighted by Gasteiger charge is 2.31. The number of hydrogen-bond acceptors (Lipinski definition) is 6. The van der Waals surface area contributed by atoms with Gasteiger partial charge >= 0.3 is 5.97 Å². The largest absolute Gasteiger partial charge is 0.497 e. The van der Waals surface area contributed by atoms with Crippen LogP contribution in [0.2, 0.25) is 0 Å². The smallest absolute Gasteiger partial charge is 0.337 e. The van der Waals surface area contributed by atoms with Crippen molar-refractivity contribution in [3.63, 3.8) is 0 Å². The van der Waals surface area contributed by atoms with Gasteiger partial charge in [0.2, 0.25) is 5.91 Å². The van der Waals surface area contributed by atoms with Crippen LogP contribution in [0.15, 0.2) is 53.4 Å². The van der Waals surface area contributed by atoms with Gasteiger partial charge in [-0.1, -0.05) is 54.7 Å². The summed E-state index contributed by atoms with van der Waals surface area (Å²) in [4.78, 5) is 38.3. The van der Waals surface area contributed by atoms with Gasteiger partial charge in [-0.25, -0.2) is 4.79 Å². The van der Waals surface area contributed by atoms with Gasteiger partial charge in [0.25, 0.3) is 5.91 Å². The molecule has 1 saturated heterocycles. The zero-order chi connectivity index (χ0) is 23.8. The summed E-state index contributed by atoms with van der Waals surface area (Å²) in [7, 11) is 1.60. The molecule has 0 bridgehead atoms. The molecule has 2 N–H and O–H groups in total. The lowest BCUT2D eigenvalue weighted by atomic mass is 10.1. The molecule has 2 amide bonds. The summed E-state index contributed by atoms with van der Waals surface area (Å²) in [6, 6.07) is 13.7. The number of ether oxygens (including phenoxy) is 1. The van der Waals surface area contributed by atoms with E-state index in [1.807, 2.05) is 30.3 Å². The number of carboxylic acids is 1. The fourth-order valence-electron chi connectivity index (χ4n) is 3.27. The first-order valence-electron chi connectivity index (χ1n) is 10.4. The Kier molecular flexibility index (Phi) is 8.62. The summed E-state index contributed by atoms with van der Waals surface area (Å²) < 4.78 is 5.68. The molecular weight excluding hydrogens is 460 g/mol. The maximum absolute atomic E-state index is 12.7. The summed E-state index contributed by atoms with van der Waals surface area (Å²) >= 11 is 6.66. The van der Waals surface area contributed by atoms with Crippen molar-refractivity contribution in [1.82, 2.24) is 4.90 Å². The third-order valence-corrected chi connectivity index (χ3v) is 6.38. The number of methoxy groups -OCH3 is 1. The molecule has 0 unspecified atom stereocenters. The molecule has 1 fully saturated rings. The highest BCUT2D eigenvalue weighted by Crippen LogP contribution is 2.33. The maximum Gasteiger partial charge on any atom is 0.337 e. The summed E-state index contributed by atoms with van der Waals surface area (Å²) in [6.45, 7) is 0.494. The molecule has 3 rings (SSSR count). The minimum Gasteiger partial charge on any atom is -0.497 e. The van der Waals surface area contributed by atoms with Gasteiger partial charge in [-0.2, -0.15) is 0 Å². The number of nitrogens with one attached hydrogen (secondary N) is 1. The van der Waals surface area contributed by atoms with E-state index in [0.717, 1.165) is 17.7 Å². The SMILES string of the molecule is COc1ccc(/C=C2\SC(=S)N(CCCCCC(=O)Nc3ccccc3C(=O)O)C2=O)cc1. The van der Waals surface area contributed by atoms with E-state index >= 15 is 0 Å². The standard InChI is InChI=1S/C24H24N2O5S2/c1-31-17-12-10-16(11-13-17)15-20-22(28)26(24(32)33-20)14-6-2-3-9-21(27)25-19-8-5-4-7-18(19)23(29)30/h4-5,7-8,10-13,15H,2-3,6,9,14H2,1H3,(H,25,27)(H,29,30)/b20-15-. The Morgan fingerprint density at radius 2 is 1.85 bits per heavy atom. The molecular formula is C24H24N2O5S2. The Labute approximate surface area is 201 Å². The molecule has 0 radical (unpaired) electrons. The molecule has 0 saturated carbocycles. The number of thiocarbonyl (C=S) groups is 1. The predicted octanol–water partition coefficient (Wildman–Crippen LogP) is 4.79. The first-order chi connectivity index (χ1) is 15.9. The average molecular weight is 485 g/mol. The van der Waals surface area contributed by atoms with Gasteiger partial charge in [0.1, 0.15) is 10.1 Å². The first-order valence-corrected chi connectivity index (χ1v) is 11.6. The van der Waals surface area contributed by atoms with Gasteiger partial charge in [-0.15, -0.1) is 0 Å². The van der Waals surface area contributed by atoms with Gasteiger partial charge in [-0.3, -0.25) is 14.5 Å². The number of nitrogens with zero attached hydrogens (tertiary/aromatic N) is 1. The molecule has 172 valence electrons. The molecule has 9 heteroatoms. The first kappa shape index (κ1) is 24.5. The van der Waals surface area contributed by atoms with Crippen LogP contribution in [0.1, 0.15) is 41.6 Å². The molecule has 0 spiro atoms. The maximum atomic E-state index is 12.7. The van der Waals surface area contributed by atoms with E-state index in [1.54, 1.807) is 30.2 Å². The van der Waals surface area contributed by atoms with E-state index in [1.165, 1.54) is 17.8 Å². The second-order valence-corrected chi connectivity index (χ2v) is 8.99. The number of para-hydroxylation sites is 1. The molecule has 1 aliphatic rings. The molecule has 2 aromatic rings. The normalized spacial score (nSPS) is 14.6. The number of carbonyl (C=O) groups excluding carboxylic acids is 2. The van der Waals surface area contributed by atoms with Gasteiger partial charge in [-0.05, 0) is 48.7 Å². The van der Waals surface area contributed by atoms with Gasteiger partial charge in [0.15, 0.2) is 0 Å². The van der Waals surface area contributed by atoms with Crippen LogP contribution in [0, 0.1) is 0 Å². The quantitative estimate of drug-likeness (QED) is 0.284. The highest BCUT2D eigenvalue weighted by molar-refractivity contribution is 8.26. The van der Waals surface area contributed by atoms with Crippen LogP contribution in [-0.4, -0.2) is 45.8 Å². The van der Waals surface area contributed by atoms with Crippen LogP contribution in [0.4, 0.5) is 5.69 Å². The average Bonchev–Trinajstić information content (AvgIpc) is 3.06. The number of benzene rings is 2. The second kappa shape index (κ2) is 11.6. The van der Waals surface area contributed by atoms with Crippen LogP contribution in [0.5, 0.6) is 5.75 Å². The Morgan fingerprint density at radius 3 is 2.55 bits per heavy atom. The Bertz CT molecular complexity index is 1080. The van der Waals surface area contributed by atoms with Gasteiger partial charge in [0, 0.05) is 13.0 Å². The number of carboxylic acid groups (broad SMARTS) is 1. The van der Waals surface area contributed by atoms with Crippen LogP contribution in [-0.2, 0) is 9.59 Å². The highest BCUT2D eigenvalue weighted by atomic mass is 32.2. The summed E-state index contributed by atoms with van der Waals surface area (Å²) in [6.07, 6.45) is 4.16. The zero-order valence-electron chi connectivity index (χ0n) is 18.1. The van der Waals surface area contributed by atoms with Crippen LogP contribution >= 0.6 is 24.0 Å². The van der Waals surface area contributed by atoms with Crippen molar-refractivity contribution in [2.24, 2.45) is 0 Å². The second-order valence-electron chi connectivity index (χ2n) is 7.32. The van der Waals surface area contributed by atoms with Crippen molar-refractivity contribution in [2.75, 3.05) is 19.0 Å². The minimum atomic E-state index is -1.09. The lowest BCUT2D eigenvalue weighted by Gasteiger charge is -2.14. The molecule has 7 nitrogen and oxygen atoms in total. The molecule has 1 heterocycles. The Balaban J connectivity index is 1.43. The fourth-order valence-corrected chi connectivity index (χ4v) is 4.58. The number of rotatable bonds is 10. The third-order valence-electron chi connectivity index (χ3n) is 5.00. The number of aromatic carboxylic acids is 1. The van der Waals surface area contributed by atoms with E-state index in [2.05, 4.69) is 5.32 Å². The molecule has 0 atom stereocenters. The van der Waals surface area contributed by atoms with E-state index in [4.69, 9.17) is 17.0 Å². The van der Waals surface area contributed by atoms with Gasteiger partial charge < -0.3 is 15.2 Å². The summed E-state index contributed by atoms with van der Waals surface area (Å²) in [5.41, 5.74) is 1.24. The monoisotopic (exact) mass is 484 g/mol. The van der Waals surface area contributed by atoms with Crippen molar-refractivity contribution in [3.8, 4) is 5.75 Å². The van der Waals surface area contributed by atoms with Crippen molar-refractivity contribution in [2.45, 2.75) is 25.7 Å². The number of carbonyl (C=O) groups is 3. The molecule has 0 aliphatic carbocycles. The van der Waals surface area contributed by atoms with Crippen LogP contribution in [0.3, 0.4) is 0 Å². The number of anilines is 1. The lowest BCUT2D eigenvalue weighted by molar-refractivity contribution is -0.122. The molecule has 1 aliphatic heterocycles. The topological polar surface area (TPSA) is 95.9 Å². The summed E-state index contributed by atoms with van der Waals surface area (Å²) in [5.74, 6) is -0.685. The number of unbranched alkanes of at least 4 members (excludes halogenated alkanes) is 2. The molecule has 33 heavy (non-hydrogen) atoms. The zero-order valence-corrected chi connectivity index (χ0v) is 19.7. The third kappa shape index (κ3) is 6.66. The van der Waals surface area contributed by atoms with Crippen LogP contribution < -0.4 is 10.1 Å². The number of amides is 2. The molecule has 2 aromatic carbocycles.